The zero-order valence-corrected chi connectivity index (χ0v) is 12.4. The highest BCUT2D eigenvalue weighted by Crippen LogP contribution is 2.15. The lowest BCUT2D eigenvalue weighted by molar-refractivity contribution is 0.266. The van der Waals surface area contributed by atoms with Crippen LogP contribution in [0.15, 0.2) is 4.99 Å². The molecule has 1 heterocycles. The standard InChI is InChI=1S/C13H27N3S/c1-12-7-6-9-16(11-12)13(14-2)15-8-4-5-10-17-3/h12H,4-11H2,1-3H3,(H,14,15). The van der Waals surface area contributed by atoms with Crippen LogP contribution in [-0.4, -0.2) is 49.6 Å². The van der Waals surface area contributed by atoms with E-state index in [1.54, 1.807) is 0 Å². The fraction of sp³-hybridized carbons (Fsp3) is 0.923. The highest BCUT2D eigenvalue weighted by atomic mass is 32.2. The summed E-state index contributed by atoms with van der Waals surface area (Å²) in [6.45, 7) is 5.70. The Balaban J connectivity index is 2.23. The van der Waals surface area contributed by atoms with E-state index in [4.69, 9.17) is 0 Å². The van der Waals surface area contributed by atoms with E-state index in [0.29, 0.717) is 0 Å². The maximum Gasteiger partial charge on any atom is 0.193 e. The molecule has 0 radical (unpaired) electrons. The molecule has 1 rings (SSSR count). The SMILES string of the molecule is CN=C(NCCCCSC)N1CCCC(C)C1. The number of hydrogen-bond acceptors (Lipinski definition) is 2. The van der Waals surface area contributed by atoms with Gasteiger partial charge in [0.05, 0.1) is 0 Å². The van der Waals surface area contributed by atoms with Gasteiger partial charge in [-0.05, 0) is 43.6 Å². The summed E-state index contributed by atoms with van der Waals surface area (Å²) in [6.07, 6.45) is 7.36. The smallest absolute Gasteiger partial charge is 0.193 e. The third kappa shape index (κ3) is 5.66. The van der Waals surface area contributed by atoms with Crippen LogP contribution in [-0.2, 0) is 0 Å². The second-order valence-electron chi connectivity index (χ2n) is 4.87. The molecule has 0 spiro atoms. The molecule has 0 saturated carbocycles. The first kappa shape index (κ1) is 14.7. The van der Waals surface area contributed by atoms with Crippen LogP contribution in [0, 0.1) is 5.92 Å². The van der Waals surface area contributed by atoms with Crippen LogP contribution in [0.5, 0.6) is 0 Å². The highest BCUT2D eigenvalue weighted by Gasteiger charge is 2.18. The Labute approximate surface area is 110 Å². The number of piperidine rings is 1. The predicted octanol–water partition coefficient (Wildman–Crippen LogP) is 2.44. The average Bonchev–Trinajstić information content (AvgIpc) is 2.34. The van der Waals surface area contributed by atoms with Gasteiger partial charge >= 0.3 is 0 Å². The van der Waals surface area contributed by atoms with Crippen molar-refractivity contribution in [2.75, 3.05) is 38.7 Å². The van der Waals surface area contributed by atoms with Crippen molar-refractivity contribution in [1.29, 1.82) is 0 Å². The van der Waals surface area contributed by atoms with Crippen LogP contribution in [0.1, 0.15) is 32.6 Å². The Morgan fingerprint density at radius 3 is 2.94 bits per heavy atom. The Morgan fingerprint density at radius 2 is 2.29 bits per heavy atom. The second-order valence-corrected chi connectivity index (χ2v) is 5.85. The molecule has 1 saturated heterocycles. The molecule has 1 N–H and O–H groups in total. The van der Waals surface area contributed by atoms with Crippen LogP contribution < -0.4 is 5.32 Å². The van der Waals surface area contributed by atoms with Crippen LogP contribution >= 0.6 is 11.8 Å². The van der Waals surface area contributed by atoms with Crippen molar-refractivity contribution in [3.8, 4) is 0 Å². The van der Waals surface area contributed by atoms with Gasteiger partial charge in [0.2, 0.25) is 0 Å². The number of guanidine groups is 1. The summed E-state index contributed by atoms with van der Waals surface area (Å²) in [5, 5.41) is 3.49. The van der Waals surface area contributed by atoms with E-state index in [2.05, 4.69) is 28.4 Å². The Bertz CT molecular complexity index is 231. The van der Waals surface area contributed by atoms with Crippen LogP contribution in [0.25, 0.3) is 0 Å². The number of aliphatic imine (C=N–C) groups is 1. The highest BCUT2D eigenvalue weighted by molar-refractivity contribution is 7.98. The number of rotatable bonds is 5. The molecule has 4 heteroatoms. The quantitative estimate of drug-likeness (QED) is 0.466. The van der Waals surface area contributed by atoms with Crippen molar-refractivity contribution in [3.63, 3.8) is 0 Å². The number of nitrogens with zero attached hydrogens (tertiary/aromatic N) is 2. The Morgan fingerprint density at radius 1 is 1.47 bits per heavy atom. The topological polar surface area (TPSA) is 27.6 Å². The van der Waals surface area contributed by atoms with Gasteiger partial charge in [-0.2, -0.15) is 11.8 Å². The zero-order chi connectivity index (χ0) is 12.5. The van der Waals surface area contributed by atoms with Crippen molar-refractivity contribution in [2.24, 2.45) is 10.9 Å². The molecule has 0 bridgehead atoms. The number of thioether (sulfide) groups is 1. The number of unbranched alkanes of at least 4 members (excludes halogenated alkanes) is 1. The monoisotopic (exact) mass is 257 g/mol. The fourth-order valence-corrected chi connectivity index (χ4v) is 2.78. The van der Waals surface area contributed by atoms with Gasteiger partial charge in [-0.3, -0.25) is 4.99 Å². The zero-order valence-electron chi connectivity index (χ0n) is 11.5. The van der Waals surface area contributed by atoms with E-state index in [0.717, 1.165) is 31.5 Å². The third-order valence-corrected chi connectivity index (χ3v) is 3.92. The minimum Gasteiger partial charge on any atom is -0.356 e. The van der Waals surface area contributed by atoms with Crippen molar-refractivity contribution in [2.45, 2.75) is 32.6 Å². The number of nitrogens with one attached hydrogen (secondary N) is 1. The number of likely N-dealkylation sites (tertiary alicyclic amines) is 1. The molecule has 3 nitrogen and oxygen atoms in total. The van der Waals surface area contributed by atoms with Gasteiger partial charge < -0.3 is 10.2 Å². The molecule has 1 fully saturated rings. The van der Waals surface area contributed by atoms with Crippen LogP contribution in [0.2, 0.25) is 0 Å². The van der Waals surface area contributed by atoms with Gasteiger partial charge in [-0.25, -0.2) is 0 Å². The third-order valence-electron chi connectivity index (χ3n) is 3.23. The first-order valence-electron chi connectivity index (χ1n) is 6.72. The molecular formula is C13H27N3S. The minimum atomic E-state index is 0.804. The van der Waals surface area contributed by atoms with Gasteiger partial charge in [0.25, 0.3) is 0 Å². The summed E-state index contributed by atoms with van der Waals surface area (Å²) in [5.74, 6) is 3.17. The largest absolute Gasteiger partial charge is 0.356 e. The summed E-state index contributed by atoms with van der Waals surface area (Å²) in [7, 11) is 1.89. The van der Waals surface area contributed by atoms with E-state index in [-0.39, 0.29) is 0 Å². The lowest BCUT2D eigenvalue weighted by Gasteiger charge is -2.33. The van der Waals surface area contributed by atoms with E-state index < -0.39 is 0 Å². The van der Waals surface area contributed by atoms with Gasteiger partial charge in [-0.1, -0.05) is 6.92 Å². The van der Waals surface area contributed by atoms with Gasteiger partial charge in [-0.15, -0.1) is 0 Å². The second kappa shape index (κ2) is 8.67. The van der Waals surface area contributed by atoms with E-state index in [9.17, 15) is 0 Å². The van der Waals surface area contributed by atoms with Crippen molar-refractivity contribution < 1.29 is 0 Å². The molecule has 1 aliphatic rings. The molecule has 0 aromatic heterocycles. The molecule has 100 valence electrons. The van der Waals surface area contributed by atoms with Crippen LogP contribution in [0.4, 0.5) is 0 Å². The molecule has 1 unspecified atom stereocenters. The normalized spacial score (nSPS) is 21.7. The van der Waals surface area contributed by atoms with E-state index in [1.165, 1.54) is 31.4 Å². The lowest BCUT2D eigenvalue weighted by atomic mass is 10.0. The van der Waals surface area contributed by atoms with E-state index in [1.807, 2.05) is 18.8 Å². The van der Waals surface area contributed by atoms with Crippen molar-refractivity contribution in [3.05, 3.63) is 0 Å². The molecule has 0 aromatic rings. The molecule has 17 heavy (non-hydrogen) atoms. The van der Waals surface area contributed by atoms with E-state index >= 15 is 0 Å². The lowest BCUT2D eigenvalue weighted by Crippen LogP contribution is -2.46. The summed E-state index contributed by atoms with van der Waals surface area (Å²) in [6, 6.07) is 0. The molecule has 0 aliphatic carbocycles. The summed E-state index contributed by atoms with van der Waals surface area (Å²) >= 11 is 1.93. The first-order chi connectivity index (χ1) is 8.27. The van der Waals surface area contributed by atoms with Crippen molar-refractivity contribution >= 4 is 17.7 Å². The Hall–Kier alpha value is -0.380. The molecule has 0 aromatic carbocycles. The summed E-state index contributed by atoms with van der Waals surface area (Å²) in [5.41, 5.74) is 0. The maximum absolute atomic E-state index is 4.39. The van der Waals surface area contributed by atoms with Gasteiger partial charge in [0.15, 0.2) is 5.96 Å². The molecular weight excluding hydrogens is 230 g/mol. The predicted molar refractivity (Wildman–Crippen MR) is 78.9 cm³/mol. The molecule has 0 amide bonds. The fourth-order valence-electron chi connectivity index (χ4n) is 2.29. The summed E-state index contributed by atoms with van der Waals surface area (Å²) < 4.78 is 0. The van der Waals surface area contributed by atoms with Crippen LogP contribution in [0.3, 0.4) is 0 Å². The molecule has 1 aliphatic heterocycles. The summed E-state index contributed by atoms with van der Waals surface area (Å²) in [4.78, 5) is 6.80. The minimum absolute atomic E-state index is 0.804. The maximum atomic E-state index is 4.39. The average molecular weight is 257 g/mol. The van der Waals surface area contributed by atoms with Gasteiger partial charge in [0.1, 0.15) is 0 Å². The first-order valence-corrected chi connectivity index (χ1v) is 8.12. The van der Waals surface area contributed by atoms with Gasteiger partial charge in [0, 0.05) is 26.7 Å². The molecule has 1 atom stereocenters. The number of hydrogen-bond donors (Lipinski definition) is 1. The van der Waals surface area contributed by atoms with Crippen molar-refractivity contribution in [1.82, 2.24) is 10.2 Å². The Kier molecular flexibility index (Phi) is 7.49.